The van der Waals surface area contributed by atoms with Gasteiger partial charge in [-0.2, -0.15) is 23.1 Å². The van der Waals surface area contributed by atoms with Gasteiger partial charge in [-0.15, -0.1) is 0 Å². The van der Waals surface area contributed by atoms with Crippen molar-refractivity contribution >= 4 is 39.0 Å². The van der Waals surface area contributed by atoms with Crippen molar-refractivity contribution in [1.29, 1.82) is 0 Å². The van der Waals surface area contributed by atoms with E-state index in [1.165, 1.54) is 35.1 Å². The Kier molecular flexibility index (Phi) is 4.98. The van der Waals surface area contributed by atoms with Crippen LogP contribution in [0.1, 0.15) is 44.7 Å². The Hall–Kier alpha value is 0.490. The molecule has 1 aliphatic heterocycles. The van der Waals surface area contributed by atoms with Crippen LogP contribution in [0.4, 0.5) is 0 Å². The number of halogens is 1. The summed E-state index contributed by atoms with van der Waals surface area (Å²) in [5.74, 6) is 1.31. The molecule has 96 valence electrons. The zero-order chi connectivity index (χ0) is 12.3. The van der Waals surface area contributed by atoms with Crippen LogP contribution in [0.25, 0.3) is 0 Å². The Morgan fingerprint density at radius 3 is 2.88 bits per heavy atom. The van der Waals surface area contributed by atoms with Gasteiger partial charge in [0.05, 0.1) is 0 Å². The first-order chi connectivity index (χ1) is 8.17. The van der Waals surface area contributed by atoms with E-state index in [1.807, 2.05) is 0 Å². The number of hydrogen-bond acceptors (Lipinski definition) is 3. The third-order valence-corrected chi connectivity index (χ3v) is 6.76. The standard InChI is InChI=1S/C13H20BrNS2/c1-3-6-15-12(10-8-16-9-11(10)14)13(2)5-4-7-17-13/h8-9,12,15H,3-7H2,1-2H3. The predicted molar refractivity (Wildman–Crippen MR) is 83.2 cm³/mol. The van der Waals surface area contributed by atoms with Crippen molar-refractivity contribution in [2.75, 3.05) is 12.3 Å². The van der Waals surface area contributed by atoms with Crippen LogP contribution in [-0.4, -0.2) is 17.0 Å². The van der Waals surface area contributed by atoms with E-state index in [4.69, 9.17) is 0 Å². The summed E-state index contributed by atoms with van der Waals surface area (Å²) in [5.41, 5.74) is 1.44. The van der Waals surface area contributed by atoms with Gasteiger partial charge in [0.1, 0.15) is 0 Å². The molecule has 0 saturated carbocycles. The maximum Gasteiger partial charge on any atom is 0.0486 e. The SMILES string of the molecule is CCCNC(c1cscc1Br)C1(C)CCCS1. The molecule has 2 atom stereocenters. The summed E-state index contributed by atoms with van der Waals surface area (Å²) >= 11 is 7.61. The van der Waals surface area contributed by atoms with E-state index in [2.05, 4.69) is 57.6 Å². The third-order valence-electron chi connectivity index (χ3n) is 3.41. The summed E-state index contributed by atoms with van der Waals surface area (Å²) in [6.07, 6.45) is 3.87. The molecule has 2 rings (SSSR count). The molecule has 2 heterocycles. The van der Waals surface area contributed by atoms with Crippen LogP contribution in [0.5, 0.6) is 0 Å². The summed E-state index contributed by atoms with van der Waals surface area (Å²) in [5, 5.41) is 8.24. The van der Waals surface area contributed by atoms with Crippen LogP contribution >= 0.6 is 39.0 Å². The monoisotopic (exact) mass is 333 g/mol. The fourth-order valence-electron chi connectivity index (χ4n) is 2.47. The third kappa shape index (κ3) is 3.09. The van der Waals surface area contributed by atoms with Gasteiger partial charge in [-0.25, -0.2) is 0 Å². The molecular weight excluding hydrogens is 314 g/mol. The van der Waals surface area contributed by atoms with Gasteiger partial charge in [-0.3, -0.25) is 0 Å². The first kappa shape index (κ1) is 13.9. The largest absolute Gasteiger partial charge is 0.309 e. The number of hydrogen-bond donors (Lipinski definition) is 1. The Bertz CT molecular complexity index is 358. The minimum Gasteiger partial charge on any atom is -0.309 e. The lowest BCUT2D eigenvalue weighted by atomic mass is 9.91. The molecule has 0 aromatic carbocycles. The Labute approximate surface area is 121 Å². The van der Waals surface area contributed by atoms with Gasteiger partial charge in [0.25, 0.3) is 0 Å². The van der Waals surface area contributed by atoms with Crippen molar-refractivity contribution in [1.82, 2.24) is 5.32 Å². The van der Waals surface area contributed by atoms with Gasteiger partial charge in [-0.1, -0.05) is 6.92 Å². The fraction of sp³-hybridized carbons (Fsp3) is 0.692. The average molecular weight is 334 g/mol. The van der Waals surface area contributed by atoms with Crippen molar-refractivity contribution in [3.05, 3.63) is 20.8 Å². The van der Waals surface area contributed by atoms with Crippen molar-refractivity contribution in [2.45, 2.75) is 43.9 Å². The average Bonchev–Trinajstić information content (AvgIpc) is 2.90. The second-order valence-electron chi connectivity index (χ2n) is 4.83. The number of thiophene rings is 1. The molecule has 1 aromatic rings. The molecule has 1 saturated heterocycles. The minimum atomic E-state index is 0.360. The molecular formula is C13H20BrNS2. The maximum atomic E-state index is 3.75. The van der Waals surface area contributed by atoms with E-state index < -0.39 is 0 Å². The van der Waals surface area contributed by atoms with Crippen LogP contribution < -0.4 is 5.32 Å². The van der Waals surface area contributed by atoms with E-state index >= 15 is 0 Å². The molecule has 1 aromatic heterocycles. The lowest BCUT2D eigenvalue weighted by Gasteiger charge is -2.34. The lowest BCUT2D eigenvalue weighted by molar-refractivity contribution is 0.413. The van der Waals surface area contributed by atoms with Gasteiger partial charge < -0.3 is 5.32 Å². The van der Waals surface area contributed by atoms with Crippen molar-refractivity contribution in [3.63, 3.8) is 0 Å². The quantitative estimate of drug-likeness (QED) is 0.827. The molecule has 1 fully saturated rings. The Balaban J connectivity index is 2.21. The number of rotatable bonds is 5. The van der Waals surface area contributed by atoms with Crippen molar-refractivity contribution < 1.29 is 0 Å². The zero-order valence-corrected chi connectivity index (χ0v) is 13.7. The van der Waals surface area contributed by atoms with E-state index in [0.29, 0.717) is 10.8 Å². The highest BCUT2D eigenvalue weighted by molar-refractivity contribution is 9.10. The highest BCUT2D eigenvalue weighted by atomic mass is 79.9. The smallest absolute Gasteiger partial charge is 0.0486 e. The molecule has 0 radical (unpaired) electrons. The summed E-state index contributed by atoms with van der Waals surface area (Å²) < 4.78 is 1.63. The van der Waals surface area contributed by atoms with Crippen molar-refractivity contribution in [3.8, 4) is 0 Å². The van der Waals surface area contributed by atoms with Crippen LogP contribution in [0.2, 0.25) is 0 Å². The normalized spacial score (nSPS) is 26.3. The molecule has 0 spiro atoms. The van der Waals surface area contributed by atoms with Crippen LogP contribution in [0, 0.1) is 0 Å². The molecule has 1 nitrogen and oxygen atoms in total. The predicted octanol–water partition coefficient (Wildman–Crippen LogP) is 4.84. The van der Waals surface area contributed by atoms with E-state index in [1.54, 1.807) is 11.3 Å². The molecule has 4 heteroatoms. The second-order valence-corrected chi connectivity index (χ2v) is 8.05. The molecule has 2 unspecified atom stereocenters. The van der Waals surface area contributed by atoms with Gasteiger partial charge in [0.15, 0.2) is 0 Å². The van der Waals surface area contributed by atoms with Crippen LogP contribution in [0.15, 0.2) is 15.2 Å². The molecule has 0 bridgehead atoms. The lowest BCUT2D eigenvalue weighted by Crippen LogP contribution is -2.37. The summed E-state index contributed by atoms with van der Waals surface area (Å²) in [7, 11) is 0. The fourth-order valence-corrected chi connectivity index (χ4v) is 5.44. The van der Waals surface area contributed by atoms with Gasteiger partial charge in [-0.05, 0) is 65.4 Å². The Morgan fingerprint density at radius 1 is 1.53 bits per heavy atom. The van der Waals surface area contributed by atoms with Crippen LogP contribution in [0.3, 0.4) is 0 Å². The molecule has 0 aliphatic carbocycles. The van der Waals surface area contributed by atoms with E-state index in [9.17, 15) is 0 Å². The van der Waals surface area contributed by atoms with Crippen molar-refractivity contribution in [2.24, 2.45) is 0 Å². The highest BCUT2D eigenvalue weighted by Crippen LogP contribution is 2.48. The number of nitrogens with one attached hydrogen (secondary N) is 1. The van der Waals surface area contributed by atoms with E-state index in [0.717, 1.165) is 6.54 Å². The summed E-state index contributed by atoms with van der Waals surface area (Å²) in [4.78, 5) is 0. The van der Waals surface area contributed by atoms with Gasteiger partial charge in [0, 0.05) is 20.6 Å². The first-order valence-electron chi connectivity index (χ1n) is 6.26. The molecule has 1 aliphatic rings. The molecule has 17 heavy (non-hydrogen) atoms. The Morgan fingerprint density at radius 2 is 2.35 bits per heavy atom. The van der Waals surface area contributed by atoms with E-state index in [-0.39, 0.29) is 0 Å². The van der Waals surface area contributed by atoms with Crippen LogP contribution in [-0.2, 0) is 0 Å². The molecule has 0 amide bonds. The molecule has 1 N–H and O–H groups in total. The summed E-state index contributed by atoms with van der Waals surface area (Å²) in [6.45, 7) is 5.75. The topological polar surface area (TPSA) is 12.0 Å². The van der Waals surface area contributed by atoms with Gasteiger partial charge >= 0.3 is 0 Å². The second kappa shape index (κ2) is 6.09. The highest BCUT2D eigenvalue weighted by Gasteiger charge is 2.39. The zero-order valence-electron chi connectivity index (χ0n) is 10.5. The summed E-state index contributed by atoms with van der Waals surface area (Å²) in [6, 6.07) is 0.482. The van der Waals surface area contributed by atoms with Gasteiger partial charge in [0.2, 0.25) is 0 Å². The number of thioether (sulfide) groups is 1. The maximum absolute atomic E-state index is 3.75. The first-order valence-corrected chi connectivity index (χ1v) is 8.98. The minimum absolute atomic E-state index is 0.360.